The highest BCUT2D eigenvalue weighted by molar-refractivity contribution is 7.89. The summed E-state index contributed by atoms with van der Waals surface area (Å²) in [5.41, 5.74) is 1.91. The summed E-state index contributed by atoms with van der Waals surface area (Å²) in [6.07, 6.45) is 5.69. The first-order chi connectivity index (χ1) is 13.8. The van der Waals surface area contributed by atoms with Crippen LogP contribution in [0.3, 0.4) is 0 Å². The zero-order valence-electron chi connectivity index (χ0n) is 15.2. The molecular formula is C20H17ClFN3O3S. The first-order valence-corrected chi connectivity index (χ1v) is 10.5. The minimum Gasteiger partial charge on any atom is -0.292 e. The van der Waals surface area contributed by atoms with E-state index in [0.29, 0.717) is 24.1 Å². The first-order valence-electron chi connectivity index (χ1n) is 8.67. The van der Waals surface area contributed by atoms with E-state index in [-0.39, 0.29) is 22.2 Å². The molecule has 3 rings (SSSR count). The van der Waals surface area contributed by atoms with E-state index in [1.165, 1.54) is 6.20 Å². The fourth-order valence-corrected chi connectivity index (χ4v) is 3.82. The number of rotatable bonds is 8. The number of aryl methyl sites for hydroxylation is 1. The normalized spacial score (nSPS) is 11.4. The second kappa shape index (κ2) is 9.21. The van der Waals surface area contributed by atoms with Gasteiger partial charge in [-0.15, -0.1) is 0 Å². The molecule has 0 radical (unpaired) electrons. The summed E-state index contributed by atoms with van der Waals surface area (Å²) in [6.45, 7) is -0.0319. The van der Waals surface area contributed by atoms with Crippen LogP contribution in [0.4, 0.5) is 4.39 Å². The van der Waals surface area contributed by atoms with Gasteiger partial charge < -0.3 is 0 Å². The maximum absolute atomic E-state index is 13.2. The van der Waals surface area contributed by atoms with E-state index >= 15 is 0 Å². The van der Waals surface area contributed by atoms with Gasteiger partial charge in [0.05, 0.1) is 9.92 Å². The van der Waals surface area contributed by atoms with Crippen LogP contribution >= 0.6 is 11.6 Å². The first kappa shape index (κ1) is 21.0. The topological polar surface area (TPSA) is 89.0 Å². The number of sulfonamides is 1. The van der Waals surface area contributed by atoms with Crippen molar-refractivity contribution in [2.24, 2.45) is 0 Å². The average Bonchev–Trinajstić information content (AvgIpc) is 2.73. The third-order valence-corrected chi connectivity index (χ3v) is 5.86. The van der Waals surface area contributed by atoms with Gasteiger partial charge in [-0.1, -0.05) is 17.7 Å². The number of Topliss-reactive ketones (excluding diaryl/α,β-unsaturated/α-hetero) is 1. The lowest BCUT2D eigenvalue weighted by Gasteiger charge is -2.08. The Hall–Kier alpha value is -2.68. The van der Waals surface area contributed by atoms with E-state index in [4.69, 9.17) is 11.6 Å². The smallest absolute Gasteiger partial charge is 0.240 e. The molecule has 0 fully saturated rings. The molecule has 0 saturated carbocycles. The quantitative estimate of drug-likeness (QED) is 0.548. The number of carbonyl (C=O) groups excluding carboxylic acids is 1. The van der Waals surface area contributed by atoms with E-state index in [0.717, 1.165) is 23.8 Å². The van der Waals surface area contributed by atoms with Gasteiger partial charge in [0, 0.05) is 31.6 Å². The van der Waals surface area contributed by atoms with E-state index in [9.17, 15) is 17.6 Å². The lowest BCUT2D eigenvalue weighted by Crippen LogP contribution is -2.23. The van der Waals surface area contributed by atoms with Crippen LogP contribution in [-0.2, 0) is 23.0 Å². The number of nitrogens with zero attached hydrogens (tertiary/aromatic N) is 2. The summed E-state index contributed by atoms with van der Waals surface area (Å²) in [6, 6.07) is 10.1. The second-order valence-electron chi connectivity index (χ2n) is 6.23. The van der Waals surface area contributed by atoms with Crippen molar-refractivity contribution >= 4 is 27.4 Å². The van der Waals surface area contributed by atoms with Crippen LogP contribution in [-0.4, -0.2) is 24.2 Å². The fraction of sp³-hybridized carbons (Fsp3) is 0.150. The molecule has 1 N–H and O–H groups in total. The summed E-state index contributed by atoms with van der Waals surface area (Å²) in [5.74, 6) is -0.797. The number of carbonyl (C=O) groups is 1. The van der Waals surface area contributed by atoms with Crippen LogP contribution in [0, 0.1) is 5.82 Å². The van der Waals surface area contributed by atoms with Crippen molar-refractivity contribution < 1.29 is 17.6 Å². The molecule has 6 nitrogen and oxygen atoms in total. The third-order valence-electron chi connectivity index (χ3n) is 4.17. The third kappa shape index (κ3) is 5.66. The van der Waals surface area contributed by atoms with Crippen LogP contribution in [0.25, 0.3) is 0 Å². The summed E-state index contributed by atoms with van der Waals surface area (Å²) in [7, 11) is -3.86. The molecule has 9 heteroatoms. The molecule has 2 heterocycles. The van der Waals surface area contributed by atoms with Crippen LogP contribution in [0.15, 0.2) is 66.0 Å². The molecule has 0 saturated heterocycles. The molecule has 0 amide bonds. The van der Waals surface area contributed by atoms with Crippen molar-refractivity contribution in [3.05, 3.63) is 88.7 Å². The van der Waals surface area contributed by atoms with Crippen LogP contribution in [0.2, 0.25) is 5.02 Å². The molecule has 3 aromatic rings. The van der Waals surface area contributed by atoms with E-state index < -0.39 is 15.8 Å². The predicted molar refractivity (Wildman–Crippen MR) is 107 cm³/mol. The van der Waals surface area contributed by atoms with Crippen LogP contribution in [0.1, 0.15) is 28.0 Å². The van der Waals surface area contributed by atoms with Gasteiger partial charge in [-0.25, -0.2) is 17.5 Å². The molecule has 150 valence electrons. The number of benzene rings is 1. The summed E-state index contributed by atoms with van der Waals surface area (Å²) in [4.78, 5) is 20.2. The zero-order chi connectivity index (χ0) is 20.9. The van der Waals surface area contributed by atoms with Gasteiger partial charge in [0.15, 0.2) is 5.78 Å². The van der Waals surface area contributed by atoms with Gasteiger partial charge in [0.25, 0.3) is 0 Å². The molecule has 0 aliphatic rings. The highest BCUT2D eigenvalue weighted by atomic mass is 35.5. The molecule has 0 aliphatic heterocycles. The summed E-state index contributed by atoms with van der Waals surface area (Å²) in [5, 5.41) is -0.274. The molecule has 0 bridgehead atoms. The Labute approximate surface area is 172 Å². The molecule has 0 aliphatic carbocycles. The van der Waals surface area contributed by atoms with Crippen molar-refractivity contribution in [2.75, 3.05) is 0 Å². The molecule has 1 aromatic carbocycles. The Morgan fingerprint density at radius 1 is 1.07 bits per heavy atom. The monoisotopic (exact) mass is 433 g/mol. The largest absolute Gasteiger partial charge is 0.292 e. The number of hydrogen-bond acceptors (Lipinski definition) is 5. The van der Waals surface area contributed by atoms with Gasteiger partial charge in [0.2, 0.25) is 10.0 Å². The Bertz CT molecular complexity index is 1110. The maximum Gasteiger partial charge on any atom is 0.240 e. The van der Waals surface area contributed by atoms with Crippen molar-refractivity contribution in [1.82, 2.24) is 14.7 Å². The molecule has 0 spiro atoms. The number of pyridine rings is 2. The number of ketones is 1. The van der Waals surface area contributed by atoms with Gasteiger partial charge in [-0.2, -0.15) is 0 Å². The molecule has 29 heavy (non-hydrogen) atoms. The standard InChI is InChI=1S/C20H17ClFN3O3S/c21-17-11-16(3-4-18(17)22)29(27,28)25-13-15-1-5-19(24-12-15)20(26)6-2-14-7-9-23-10-8-14/h1,3-5,7-12,25H,2,6,13H2. The van der Waals surface area contributed by atoms with Gasteiger partial charge in [-0.3, -0.25) is 14.8 Å². The van der Waals surface area contributed by atoms with Crippen molar-refractivity contribution in [2.45, 2.75) is 24.3 Å². The average molecular weight is 434 g/mol. The molecular weight excluding hydrogens is 417 g/mol. The Kier molecular flexibility index (Phi) is 6.68. The Morgan fingerprint density at radius 2 is 1.83 bits per heavy atom. The number of hydrogen-bond donors (Lipinski definition) is 1. The molecule has 2 aromatic heterocycles. The van der Waals surface area contributed by atoms with E-state index in [1.54, 1.807) is 24.5 Å². The lowest BCUT2D eigenvalue weighted by atomic mass is 10.1. The van der Waals surface area contributed by atoms with Gasteiger partial charge >= 0.3 is 0 Å². The highest BCUT2D eigenvalue weighted by Gasteiger charge is 2.16. The van der Waals surface area contributed by atoms with E-state index in [1.807, 2.05) is 12.1 Å². The van der Waals surface area contributed by atoms with Crippen molar-refractivity contribution in [1.29, 1.82) is 0 Å². The summed E-state index contributed by atoms with van der Waals surface area (Å²) < 4.78 is 40.2. The zero-order valence-corrected chi connectivity index (χ0v) is 16.8. The number of aromatic nitrogens is 2. The minimum atomic E-state index is -3.86. The van der Waals surface area contributed by atoms with Crippen molar-refractivity contribution in [3.63, 3.8) is 0 Å². The highest BCUT2D eigenvalue weighted by Crippen LogP contribution is 2.19. The predicted octanol–water partition coefficient (Wildman–Crippen LogP) is 3.56. The summed E-state index contributed by atoms with van der Waals surface area (Å²) >= 11 is 5.64. The van der Waals surface area contributed by atoms with E-state index in [2.05, 4.69) is 14.7 Å². The van der Waals surface area contributed by atoms with Crippen LogP contribution < -0.4 is 4.72 Å². The molecule has 0 atom stereocenters. The minimum absolute atomic E-state index is 0.0319. The SMILES string of the molecule is O=C(CCc1ccncc1)c1ccc(CNS(=O)(=O)c2ccc(F)c(Cl)c2)cn1. The number of nitrogens with one attached hydrogen (secondary N) is 1. The fourth-order valence-electron chi connectivity index (χ4n) is 2.54. The van der Waals surface area contributed by atoms with Gasteiger partial charge in [-0.05, 0) is 53.9 Å². The molecule has 0 unspecified atom stereocenters. The second-order valence-corrected chi connectivity index (χ2v) is 8.40. The maximum atomic E-state index is 13.2. The number of halogens is 2. The van der Waals surface area contributed by atoms with Crippen LogP contribution in [0.5, 0.6) is 0 Å². The van der Waals surface area contributed by atoms with Crippen molar-refractivity contribution in [3.8, 4) is 0 Å². The lowest BCUT2D eigenvalue weighted by molar-refractivity contribution is 0.0978. The van der Waals surface area contributed by atoms with Gasteiger partial charge in [0.1, 0.15) is 11.5 Å². The Morgan fingerprint density at radius 3 is 2.48 bits per heavy atom. The Balaban J connectivity index is 1.58.